The minimum atomic E-state index is -1.42. The number of nitro groups is 1. The first-order valence-electron chi connectivity index (χ1n) is 3.45. The number of hydrogen-bond donors (Lipinski definition) is 1. The Morgan fingerprint density at radius 3 is 2.77 bits per heavy atom. The van der Waals surface area contributed by atoms with Crippen LogP contribution in [0.25, 0.3) is 0 Å². The third-order valence-electron chi connectivity index (χ3n) is 1.51. The van der Waals surface area contributed by atoms with Crippen molar-refractivity contribution in [1.29, 1.82) is 0 Å². The molecule has 1 aromatic rings. The molecule has 13 heavy (non-hydrogen) atoms. The number of hydrogen-bond acceptors (Lipinski definition) is 4. The number of non-ortho nitro benzene ring substituents is 1. The third-order valence-corrected chi connectivity index (χ3v) is 1.51. The summed E-state index contributed by atoms with van der Waals surface area (Å²) in [5.41, 5.74) is 0.0102. The lowest BCUT2D eigenvalue weighted by Crippen LogP contribution is -1.98. The molecule has 0 fully saturated rings. The van der Waals surface area contributed by atoms with Crippen LogP contribution in [0.4, 0.5) is 5.69 Å². The highest BCUT2D eigenvalue weighted by atomic mass is 16.6. The maximum Gasteiger partial charge on any atom is 0.269 e. The smallest absolute Gasteiger partial charge is 0.269 e. The Hall–Kier alpha value is -1.75. The van der Waals surface area contributed by atoms with Gasteiger partial charge in [0.05, 0.1) is 4.92 Å². The number of benzene rings is 1. The van der Waals surface area contributed by atoms with Gasteiger partial charge < -0.3 is 5.11 Å². The number of aliphatic hydroxyl groups is 1. The van der Waals surface area contributed by atoms with E-state index in [1.54, 1.807) is 0 Å². The first kappa shape index (κ1) is 9.34. The van der Waals surface area contributed by atoms with E-state index in [2.05, 4.69) is 0 Å². The van der Waals surface area contributed by atoms with Crippen molar-refractivity contribution >= 4 is 12.0 Å². The molecule has 1 aromatic carbocycles. The molecule has 0 bridgehead atoms. The van der Waals surface area contributed by atoms with Crippen LogP contribution in [0.3, 0.4) is 0 Å². The monoisotopic (exact) mass is 180 g/mol. The van der Waals surface area contributed by atoms with E-state index >= 15 is 0 Å². The normalized spacial score (nSPS) is 12.1. The molecule has 1 atom stereocenters. The summed E-state index contributed by atoms with van der Waals surface area (Å²) < 4.78 is 0. The number of carbonyl (C=O) groups excluding carboxylic acids is 1. The Balaban J connectivity index is 3.04. The zero-order chi connectivity index (χ0) is 9.84. The van der Waals surface area contributed by atoms with Gasteiger partial charge in [-0.25, -0.2) is 0 Å². The summed E-state index contributed by atoms with van der Waals surface area (Å²) in [5, 5.41) is 19.3. The van der Waals surface area contributed by atoms with Gasteiger partial charge in [-0.3, -0.25) is 14.9 Å². The van der Waals surface area contributed by atoms with E-state index in [0.29, 0.717) is 0 Å². The highest BCUT2D eigenvalue weighted by molar-refractivity contribution is 5.61. The molecule has 5 nitrogen and oxygen atoms in total. The predicted octanol–water partition coefficient (Wildman–Crippen LogP) is 0.738. The molecule has 1 unspecified atom stereocenters. The van der Waals surface area contributed by atoms with Gasteiger partial charge in [-0.2, -0.15) is 0 Å². The van der Waals surface area contributed by atoms with Crippen molar-refractivity contribution < 1.29 is 14.8 Å². The van der Waals surface area contributed by atoms with Crippen LogP contribution in [0.15, 0.2) is 24.3 Å². The van der Waals surface area contributed by atoms with E-state index in [-0.39, 0.29) is 11.3 Å². The molecule has 1 N–H and O–H groups in total. The SMILES string of the molecule is O=[C]C(O)c1cccc([N+](=O)[O-])c1. The van der Waals surface area contributed by atoms with Gasteiger partial charge in [0.25, 0.3) is 5.69 Å². The lowest BCUT2D eigenvalue weighted by molar-refractivity contribution is -0.385. The molecule has 0 aliphatic carbocycles. The molecule has 0 saturated carbocycles. The van der Waals surface area contributed by atoms with E-state index in [0.717, 1.165) is 6.07 Å². The van der Waals surface area contributed by atoms with Crippen molar-refractivity contribution in [3.8, 4) is 0 Å². The second kappa shape index (κ2) is 3.77. The van der Waals surface area contributed by atoms with E-state index in [1.165, 1.54) is 24.5 Å². The fraction of sp³-hybridized carbons (Fsp3) is 0.125. The van der Waals surface area contributed by atoms with Gasteiger partial charge in [0, 0.05) is 12.1 Å². The molecule has 0 spiro atoms. The molecule has 0 aromatic heterocycles. The molecular formula is C8H6NO4. The first-order valence-corrected chi connectivity index (χ1v) is 3.45. The van der Waals surface area contributed by atoms with Gasteiger partial charge in [-0.05, 0) is 5.56 Å². The van der Waals surface area contributed by atoms with Crippen LogP contribution in [0, 0.1) is 10.1 Å². The van der Waals surface area contributed by atoms with Crippen LogP contribution < -0.4 is 0 Å². The molecule has 0 saturated heterocycles. The molecule has 1 radical (unpaired) electrons. The van der Waals surface area contributed by atoms with Gasteiger partial charge in [-0.1, -0.05) is 12.1 Å². The first-order chi connectivity index (χ1) is 6.15. The number of nitrogens with zero attached hydrogens (tertiary/aromatic N) is 1. The molecule has 5 heteroatoms. The summed E-state index contributed by atoms with van der Waals surface area (Å²) in [7, 11) is 0. The van der Waals surface area contributed by atoms with Crippen LogP contribution in [-0.2, 0) is 4.79 Å². The lowest BCUT2D eigenvalue weighted by Gasteiger charge is -2.00. The quantitative estimate of drug-likeness (QED) is 0.549. The number of aliphatic hydroxyl groups excluding tert-OH is 1. The van der Waals surface area contributed by atoms with Gasteiger partial charge in [-0.15, -0.1) is 0 Å². The van der Waals surface area contributed by atoms with Crippen molar-refractivity contribution in [3.63, 3.8) is 0 Å². The molecule has 0 heterocycles. The average molecular weight is 180 g/mol. The van der Waals surface area contributed by atoms with Gasteiger partial charge in [0.15, 0.2) is 0 Å². The maximum absolute atomic E-state index is 10.3. The second-order valence-electron chi connectivity index (χ2n) is 2.37. The highest BCUT2D eigenvalue weighted by Crippen LogP contribution is 2.17. The molecule has 0 amide bonds. The van der Waals surface area contributed by atoms with Crippen molar-refractivity contribution in [1.82, 2.24) is 0 Å². The van der Waals surface area contributed by atoms with Crippen LogP contribution >= 0.6 is 0 Å². The second-order valence-corrected chi connectivity index (χ2v) is 2.37. The highest BCUT2D eigenvalue weighted by Gasteiger charge is 2.11. The molecule has 0 aliphatic rings. The maximum atomic E-state index is 10.3. The zero-order valence-electron chi connectivity index (χ0n) is 6.51. The summed E-state index contributed by atoms with van der Waals surface area (Å²) in [4.78, 5) is 19.7. The summed E-state index contributed by atoms with van der Waals surface area (Å²) in [6, 6.07) is 5.23. The predicted molar refractivity (Wildman–Crippen MR) is 43.7 cm³/mol. The lowest BCUT2D eigenvalue weighted by atomic mass is 10.1. The Labute approximate surface area is 73.8 Å². The molecule has 0 aliphatic heterocycles. The van der Waals surface area contributed by atoms with Gasteiger partial charge in [0.2, 0.25) is 6.29 Å². The molecule has 67 valence electrons. The average Bonchev–Trinajstić information content (AvgIpc) is 2.17. The number of nitro benzene ring substituents is 1. The Morgan fingerprint density at radius 2 is 2.23 bits per heavy atom. The summed E-state index contributed by atoms with van der Waals surface area (Å²) in [5.74, 6) is 0. The van der Waals surface area contributed by atoms with E-state index in [4.69, 9.17) is 5.11 Å². The van der Waals surface area contributed by atoms with Crippen LogP contribution in [0.5, 0.6) is 0 Å². The minimum absolute atomic E-state index is 0.160. The zero-order valence-corrected chi connectivity index (χ0v) is 6.51. The largest absolute Gasteiger partial charge is 0.380 e. The van der Waals surface area contributed by atoms with Crippen LogP contribution in [-0.4, -0.2) is 16.3 Å². The summed E-state index contributed by atoms with van der Waals surface area (Å²) in [6.07, 6.45) is -0.0865. The van der Waals surface area contributed by atoms with Crippen molar-refractivity contribution in [2.75, 3.05) is 0 Å². The van der Waals surface area contributed by atoms with Crippen molar-refractivity contribution in [3.05, 3.63) is 39.9 Å². The fourth-order valence-corrected chi connectivity index (χ4v) is 0.876. The van der Waals surface area contributed by atoms with Gasteiger partial charge >= 0.3 is 0 Å². The van der Waals surface area contributed by atoms with Crippen molar-refractivity contribution in [2.45, 2.75) is 6.10 Å². The summed E-state index contributed by atoms with van der Waals surface area (Å²) in [6.45, 7) is 0. The molecular weight excluding hydrogens is 174 g/mol. The van der Waals surface area contributed by atoms with E-state index < -0.39 is 11.0 Å². The Morgan fingerprint density at radius 1 is 1.54 bits per heavy atom. The van der Waals surface area contributed by atoms with E-state index in [1.807, 2.05) is 0 Å². The Bertz CT molecular complexity index is 337. The minimum Gasteiger partial charge on any atom is -0.380 e. The summed E-state index contributed by atoms with van der Waals surface area (Å²) >= 11 is 0. The third kappa shape index (κ3) is 2.09. The van der Waals surface area contributed by atoms with E-state index in [9.17, 15) is 14.9 Å². The standard InChI is InChI=1S/C8H6NO4/c10-5-8(11)6-2-1-3-7(4-6)9(12)13/h1-4,8,11H. The van der Waals surface area contributed by atoms with Gasteiger partial charge in [0.1, 0.15) is 6.10 Å². The van der Waals surface area contributed by atoms with Crippen LogP contribution in [0.1, 0.15) is 11.7 Å². The van der Waals surface area contributed by atoms with Crippen LogP contribution in [0.2, 0.25) is 0 Å². The topological polar surface area (TPSA) is 80.4 Å². The number of rotatable bonds is 3. The molecule has 1 rings (SSSR count). The fourth-order valence-electron chi connectivity index (χ4n) is 0.876. The van der Waals surface area contributed by atoms with Crippen molar-refractivity contribution in [2.24, 2.45) is 0 Å². The Kier molecular flexibility index (Phi) is 2.71.